The first-order valence-electron chi connectivity index (χ1n) is 8.93. The van der Waals surface area contributed by atoms with Crippen molar-refractivity contribution in [2.24, 2.45) is 0 Å². The summed E-state index contributed by atoms with van der Waals surface area (Å²) in [6.07, 6.45) is 0. The number of nitrogens with one attached hydrogen (secondary N) is 1. The lowest BCUT2D eigenvalue weighted by atomic mass is 10.2. The van der Waals surface area contributed by atoms with E-state index in [2.05, 4.69) is 5.32 Å². The van der Waals surface area contributed by atoms with Gasteiger partial charge in [0.05, 0.1) is 57.8 Å². The van der Waals surface area contributed by atoms with Crippen molar-refractivity contribution in [2.45, 2.75) is 11.8 Å². The highest BCUT2D eigenvalue weighted by Gasteiger charge is 2.14. The maximum atomic E-state index is 11.9. The van der Waals surface area contributed by atoms with Crippen LogP contribution < -0.4 is 5.32 Å². The zero-order valence-corrected chi connectivity index (χ0v) is 17.2. The summed E-state index contributed by atoms with van der Waals surface area (Å²) < 4.78 is 49.7. The Labute approximate surface area is 166 Å². The predicted molar refractivity (Wildman–Crippen MR) is 102 cm³/mol. The maximum absolute atomic E-state index is 11.9. The Kier molecular flexibility index (Phi) is 12.6. The first-order valence-corrected chi connectivity index (χ1v) is 10.3. The van der Waals surface area contributed by atoms with Crippen LogP contribution in [0, 0.1) is 6.92 Å². The van der Waals surface area contributed by atoms with Gasteiger partial charge in [-0.3, -0.25) is 8.98 Å². The van der Waals surface area contributed by atoms with Crippen LogP contribution in [0.15, 0.2) is 29.2 Å². The Morgan fingerprint density at radius 2 is 1.29 bits per heavy atom. The van der Waals surface area contributed by atoms with E-state index in [9.17, 15) is 13.2 Å². The molecule has 0 aromatic heterocycles. The van der Waals surface area contributed by atoms with Gasteiger partial charge in [-0.15, -0.1) is 0 Å². The van der Waals surface area contributed by atoms with Gasteiger partial charge in [-0.05, 0) is 19.1 Å². The topological polar surface area (TPSA) is 109 Å². The highest BCUT2D eigenvalue weighted by Crippen LogP contribution is 2.12. The van der Waals surface area contributed by atoms with Crippen molar-refractivity contribution in [1.82, 2.24) is 5.32 Å². The first-order chi connectivity index (χ1) is 13.5. The Morgan fingerprint density at radius 1 is 0.821 bits per heavy atom. The number of carbonyl (C=O) groups is 1. The van der Waals surface area contributed by atoms with Crippen molar-refractivity contribution in [2.75, 3.05) is 66.5 Å². The molecule has 0 spiro atoms. The molecule has 0 radical (unpaired) electrons. The zero-order valence-electron chi connectivity index (χ0n) is 16.3. The number of amides is 1. The fourth-order valence-corrected chi connectivity index (χ4v) is 2.77. The quantitative estimate of drug-likeness (QED) is 0.305. The molecule has 28 heavy (non-hydrogen) atoms. The summed E-state index contributed by atoms with van der Waals surface area (Å²) in [6.45, 7) is 4.19. The highest BCUT2D eigenvalue weighted by atomic mass is 32.2. The predicted octanol–water partition coefficient (Wildman–Crippen LogP) is 0.513. The van der Waals surface area contributed by atoms with Crippen molar-refractivity contribution in [3.05, 3.63) is 29.8 Å². The number of ether oxygens (including phenoxy) is 4. The fraction of sp³-hybridized carbons (Fsp3) is 0.611. The summed E-state index contributed by atoms with van der Waals surface area (Å²) in [5.41, 5.74) is 0.974. The molecule has 0 bridgehead atoms. The number of rotatable bonds is 16. The summed E-state index contributed by atoms with van der Waals surface area (Å²) in [6, 6.07) is 6.45. The van der Waals surface area contributed by atoms with Gasteiger partial charge in [0.2, 0.25) is 5.91 Å². The molecule has 9 nitrogen and oxygen atoms in total. The summed E-state index contributed by atoms with van der Waals surface area (Å²) in [4.78, 5) is 11.0. The minimum atomic E-state index is -3.76. The van der Waals surface area contributed by atoms with Crippen molar-refractivity contribution >= 4 is 16.0 Å². The van der Waals surface area contributed by atoms with Gasteiger partial charge in [-0.25, -0.2) is 0 Å². The normalized spacial score (nSPS) is 11.5. The molecule has 1 amide bonds. The number of carbonyl (C=O) groups excluding carboxylic acids is 1. The molecule has 1 aromatic carbocycles. The monoisotopic (exact) mass is 419 g/mol. The smallest absolute Gasteiger partial charge is 0.297 e. The number of benzene rings is 1. The van der Waals surface area contributed by atoms with Crippen molar-refractivity contribution in [3.8, 4) is 0 Å². The SMILES string of the molecule is CNC(=O)COCCOCCOCCOCCOS(=O)(=O)c1ccc(C)cc1. The van der Waals surface area contributed by atoms with Crippen LogP contribution in [0.4, 0.5) is 0 Å². The molecule has 0 unspecified atom stereocenters. The molecule has 160 valence electrons. The van der Waals surface area contributed by atoms with Gasteiger partial charge < -0.3 is 24.3 Å². The van der Waals surface area contributed by atoms with Crippen LogP contribution in [-0.2, 0) is 38.0 Å². The van der Waals surface area contributed by atoms with E-state index in [1.807, 2.05) is 6.92 Å². The van der Waals surface area contributed by atoms with Crippen LogP contribution in [0.2, 0.25) is 0 Å². The first kappa shape index (κ1) is 24.5. The third-order valence-corrected chi connectivity index (χ3v) is 4.73. The second-order valence-electron chi connectivity index (χ2n) is 5.65. The fourth-order valence-electron chi connectivity index (χ4n) is 1.87. The van der Waals surface area contributed by atoms with Crippen molar-refractivity contribution < 1.29 is 36.3 Å². The molecule has 0 saturated carbocycles. The molecular formula is C18H29NO8S. The Morgan fingerprint density at radius 3 is 1.79 bits per heavy atom. The lowest BCUT2D eigenvalue weighted by molar-refractivity contribution is -0.125. The molecule has 0 atom stereocenters. The maximum Gasteiger partial charge on any atom is 0.297 e. The van der Waals surface area contributed by atoms with Crippen LogP contribution in [0.3, 0.4) is 0 Å². The second kappa shape index (κ2) is 14.4. The molecule has 0 aliphatic rings. The third-order valence-electron chi connectivity index (χ3n) is 3.40. The average Bonchev–Trinajstić information content (AvgIpc) is 2.68. The Balaban J connectivity index is 1.91. The van der Waals surface area contributed by atoms with Crippen LogP contribution in [-0.4, -0.2) is 80.8 Å². The molecule has 0 heterocycles. The molecule has 1 rings (SSSR count). The lowest BCUT2D eigenvalue weighted by Gasteiger charge is -2.08. The molecular weight excluding hydrogens is 390 g/mol. The number of likely N-dealkylation sites (N-methyl/N-ethyl adjacent to an activating group) is 1. The molecule has 0 aliphatic heterocycles. The Bertz CT molecular complexity index is 648. The molecule has 0 fully saturated rings. The number of hydrogen-bond donors (Lipinski definition) is 1. The van der Waals surface area contributed by atoms with E-state index in [1.165, 1.54) is 12.1 Å². The summed E-state index contributed by atoms with van der Waals surface area (Å²) >= 11 is 0. The molecule has 10 heteroatoms. The van der Waals surface area contributed by atoms with E-state index >= 15 is 0 Å². The average molecular weight is 419 g/mol. The molecule has 0 aliphatic carbocycles. The van der Waals surface area contributed by atoms with Gasteiger partial charge in [0.25, 0.3) is 10.1 Å². The summed E-state index contributed by atoms with van der Waals surface area (Å²) in [5, 5.41) is 2.45. The molecule has 1 N–H and O–H groups in total. The van der Waals surface area contributed by atoms with Gasteiger partial charge in [0, 0.05) is 7.05 Å². The van der Waals surface area contributed by atoms with E-state index in [1.54, 1.807) is 19.2 Å². The van der Waals surface area contributed by atoms with E-state index in [4.69, 9.17) is 23.1 Å². The van der Waals surface area contributed by atoms with Gasteiger partial charge in [-0.1, -0.05) is 17.7 Å². The van der Waals surface area contributed by atoms with Crippen LogP contribution in [0.25, 0.3) is 0 Å². The second-order valence-corrected chi connectivity index (χ2v) is 7.27. The van der Waals surface area contributed by atoms with E-state index in [0.29, 0.717) is 39.6 Å². The number of aryl methyl sites for hydroxylation is 1. The van der Waals surface area contributed by atoms with Crippen LogP contribution in [0.1, 0.15) is 5.56 Å². The van der Waals surface area contributed by atoms with Crippen molar-refractivity contribution in [3.63, 3.8) is 0 Å². The van der Waals surface area contributed by atoms with Gasteiger partial charge in [0.15, 0.2) is 0 Å². The highest BCUT2D eigenvalue weighted by molar-refractivity contribution is 7.86. The van der Waals surface area contributed by atoms with E-state index < -0.39 is 10.1 Å². The summed E-state index contributed by atoms with van der Waals surface area (Å²) in [7, 11) is -2.21. The lowest BCUT2D eigenvalue weighted by Crippen LogP contribution is -2.24. The largest absolute Gasteiger partial charge is 0.377 e. The molecule has 0 saturated heterocycles. The molecule has 1 aromatic rings. The third kappa shape index (κ3) is 11.3. The minimum absolute atomic E-state index is 0.0176. The van der Waals surface area contributed by atoms with Gasteiger partial charge >= 0.3 is 0 Å². The van der Waals surface area contributed by atoms with E-state index in [-0.39, 0.29) is 30.6 Å². The van der Waals surface area contributed by atoms with E-state index in [0.717, 1.165) is 5.56 Å². The van der Waals surface area contributed by atoms with Crippen molar-refractivity contribution in [1.29, 1.82) is 0 Å². The minimum Gasteiger partial charge on any atom is -0.377 e. The van der Waals surface area contributed by atoms with Crippen LogP contribution in [0.5, 0.6) is 0 Å². The van der Waals surface area contributed by atoms with Gasteiger partial charge in [0.1, 0.15) is 6.61 Å². The van der Waals surface area contributed by atoms with Gasteiger partial charge in [-0.2, -0.15) is 8.42 Å². The summed E-state index contributed by atoms with van der Waals surface area (Å²) in [5.74, 6) is -0.179. The Hall–Kier alpha value is -1.56. The number of hydrogen-bond acceptors (Lipinski definition) is 8. The van der Waals surface area contributed by atoms with Crippen LogP contribution >= 0.6 is 0 Å². The standard InChI is InChI=1S/C18H29NO8S/c1-16-3-5-17(6-4-16)28(21,22)27-14-13-25-10-9-23-7-8-24-11-12-26-15-18(20)19-2/h3-6H,7-15H2,1-2H3,(H,19,20). The zero-order chi connectivity index (χ0) is 20.7.